The molecule has 3 N–H and O–H groups in total. The van der Waals surface area contributed by atoms with Crippen LogP contribution in [0, 0.1) is 11.3 Å². The third-order valence-corrected chi connectivity index (χ3v) is 7.63. The van der Waals surface area contributed by atoms with Crippen LogP contribution in [0.2, 0.25) is 0 Å². The Bertz CT molecular complexity index is 1130. The summed E-state index contributed by atoms with van der Waals surface area (Å²) >= 11 is 0. The van der Waals surface area contributed by atoms with E-state index in [1.807, 2.05) is 0 Å². The lowest BCUT2D eigenvalue weighted by Gasteiger charge is -2.61. The molecule has 1 saturated heterocycles. The van der Waals surface area contributed by atoms with Crippen molar-refractivity contribution in [2.75, 3.05) is 7.11 Å². The Hall–Kier alpha value is -3.08. The van der Waals surface area contributed by atoms with Crippen molar-refractivity contribution in [2.45, 2.75) is 63.1 Å². The van der Waals surface area contributed by atoms with Crippen molar-refractivity contribution in [1.29, 1.82) is 0 Å². The van der Waals surface area contributed by atoms with Gasteiger partial charge >= 0.3 is 11.9 Å². The largest absolute Gasteiger partial charge is 0.508 e. The fraction of sp³-hybridized carbons (Fsp3) is 0.520. The minimum Gasteiger partial charge on any atom is -0.508 e. The summed E-state index contributed by atoms with van der Waals surface area (Å²) in [5, 5.41) is 32.3. The highest BCUT2D eigenvalue weighted by Gasteiger charge is 2.79. The van der Waals surface area contributed by atoms with Gasteiger partial charge in [0.2, 0.25) is 0 Å². The maximum absolute atomic E-state index is 13.7. The number of ether oxygens (including phenoxy) is 3. The molecule has 35 heavy (non-hydrogen) atoms. The Morgan fingerprint density at radius 3 is 2.54 bits per heavy atom. The molecule has 1 heterocycles. The second-order valence-corrected chi connectivity index (χ2v) is 9.61. The van der Waals surface area contributed by atoms with E-state index in [9.17, 15) is 34.5 Å². The Kier molecular flexibility index (Phi) is 5.90. The third kappa shape index (κ3) is 3.27. The first-order valence-corrected chi connectivity index (χ1v) is 11.3. The summed E-state index contributed by atoms with van der Waals surface area (Å²) in [5.74, 6) is -5.25. The van der Waals surface area contributed by atoms with Crippen LogP contribution in [-0.2, 0) is 33.4 Å². The fourth-order valence-corrected chi connectivity index (χ4v) is 5.68. The number of ketones is 2. The average Bonchev–Trinajstić information content (AvgIpc) is 2.81. The van der Waals surface area contributed by atoms with Crippen molar-refractivity contribution >= 4 is 23.5 Å². The number of carbonyl (C=O) groups excluding carboxylic acids is 4. The summed E-state index contributed by atoms with van der Waals surface area (Å²) in [5.41, 5.74) is -6.55. The lowest BCUT2D eigenvalue weighted by molar-refractivity contribution is -0.270. The zero-order valence-corrected chi connectivity index (χ0v) is 19.8. The van der Waals surface area contributed by atoms with Crippen LogP contribution in [-0.4, -0.2) is 75.4 Å². The lowest BCUT2D eigenvalue weighted by Crippen LogP contribution is -2.79. The van der Waals surface area contributed by atoms with Gasteiger partial charge in [0, 0.05) is 23.5 Å². The van der Waals surface area contributed by atoms with E-state index in [2.05, 4.69) is 0 Å². The van der Waals surface area contributed by atoms with Crippen LogP contribution < -0.4 is 0 Å². The highest BCUT2D eigenvalue weighted by Crippen LogP contribution is 2.61. The number of hydrogen-bond acceptors (Lipinski definition) is 10. The predicted molar refractivity (Wildman–Crippen MR) is 119 cm³/mol. The molecule has 188 valence electrons. The smallest absolute Gasteiger partial charge is 0.340 e. The van der Waals surface area contributed by atoms with E-state index in [1.54, 1.807) is 19.1 Å². The standard InChI is InChI=1S/C25H28O10/c1-5-6-7-8-14(26)17-13-11-25(23(2,19(17)28)21(30)24(13,3)32)22(31)34-18-15(27)9-12(20(29)33-4)10-16(18)35-25/h5-8,10,13,15-16,18,26-27,32H,9,11H2,1-4H3. The van der Waals surface area contributed by atoms with Gasteiger partial charge in [0.15, 0.2) is 23.3 Å². The van der Waals surface area contributed by atoms with Gasteiger partial charge < -0.3 is 29.5 Å². The summed E-state index contributed by atoms with van der Waals surface area (Å²) < 4.78 is 16.4. The van der Waals surface area contributed by atoms with Gasteiger partial charge in [0.25, 0.3) is 0 Å². The summed E-state index contributed by atoms with van der Waals surface area (Å²) in [6, 6.07) is 0. The molecule has 7 unspecified atom stereocenters. The van der Waals surface area contributed by atoms with Gasteiger partial charge in [-0.25, -0.2) is 9.59 Å². The normalized spacial score (nSPS) is 42.3. The highest BCUT2D eigenvalue weighted by atomic mass is 16.6. The third-order valence-electron chi connectivity index (χ3n) is 7.63. The maximum atomic E-state index is 13.7. The topological polar surface area (TPSA) is 157 Å². The zero-order chi connectivity index (χ0) is 25.9. The summed E-state index contributed by atoms with van der Waals surface area (Å²) in [6.45, 7) is 4.19. The number of esters is 2. The minimum absolute atomic E-state index is 0.0949. The molecule has 2 bridgehead atoms. The van der Waals surface area contributed by atoms with Gasteiger partial charge in [0.1, 0.15) is 22.9 Å². The van der Waals surface area contributed by atoms with E-state index in [4.69, 9.17) is 14.2 Å². The number of carbonyl (C=O) groups is 4. The van der Waals surface area contributed by atoms with E-state index >= 15 is 0 Å². The molecular weight excluding hydrogens is 460 g/mol. The maximum Gasteiger partial charge on any atom is 0.340 e. The molecule has 4 fully saturated rings. The van der Waals surface area contributed by atoms with Crippen LogP contribution in [0.15, 0.2) is 47.3 Å². The molecular formula is C25H28O10. The zero-order valence-electron chi connectivity index (χ0n) is 19.8. The molecule has 7 atom stereocenters. The van der Waals surface area contributed by atoms with E-state index in [-0.39, 0.29) is 24.0 Å². The molecule has 0 aromatic rings. The molecule has 3 saturated carbocycles. The molecule has 10 nitrogen and oxygen atoms in total. The Balaban J connectivity index is 1.84. The van der Waals surface area contributed by atoms with E-state index in [1.165, 1.54) is 39.2 Å². The van der Waals surface area contributed by atoms with Crippen molar-refractivity contribution < 1.29 is 48.7 Å². The Morgan fingerprint density at radius 2 is 1.91 bits per heavy atom. The van der Waals surface area contributed by atoms with Crippen molar-refractivity contribution in [3.63, 3.8) is 0 Å². The van der Waals surface area contributed by atoms with Crippen molar-refractivity contribution in [2.24, 2.45) is 11.3 Å². The molecule has 10 heteroatoms. The van der Waals surface area contributed by atoms with E-state index < -0.39 is 70.1 Å². The second kappa shape index (κ2) is 8.25. The minimum atomic E-state index is -2.24. The number of hydrogen-bond donors (Lipinski definition) is 3. The van der Waals surface area contributed by atoms with Crippen LogP contribution in [0.5, 0.6) is 0 Å². The molecule has 1 spiro atoms. The van der Waals surface area contributed by atoms with Crippen LogP contribution in [0.3, 0.4) is 0 Å². The number of fused-ring (bicyclic) bond motifs is 3. The summed E-state index contributed by atoms with van der Waals surface area (Å²) in [6.07, 6.45) is 3.37. The lowest BCUT2D eigenvalue weighted by atomic mass is 9.45. The molecule has 5 aliphatic rings. The van der Waals surface area contributed by atoms with Gasteiger partial charge in [-0.1, -0.05) is 18.2 Å². The van der Waals surface area contributed by atoms with E-state index in [0.29, 0.717) is 0 Å². The SMILES string of the molecule is CC=CC=CC(O)=C1C(=O)C2(C)C(=O)C(C)(O)C1CC21OC2C=C(C(=O)OC)CC(O)C2OC1=O. The highest BCUT2D eigenvalue weighted by molar-refractivity contribution is 6.25. The number of methoxy groups -OCH3 is 1. The van der Waals surface area contributed by atoms with Crippen LogP contribution in [0.4, 0.5) is 0 Å². The van der Waals surface area contributed by atoms with Gasteiger partial charge in [0.05, 0.1) is 13.2 Å². The fourth-order valence-electron chi connectivity index (χ4n) is 5.68. The average molecular weight is 488 g/mol. The molecule has 1 aliphatic heterocycles. The van der Waals surface area contributed by atoms with Crippen LogP contribution in [0.1, 0.15) is 33.6 Å². The summed E-state index contributed by atoms with van der Waals surface area (Å²) in [7, 11) is 1.18. The quantitative estimate of drug-likeness (QED) is 0.170. The van der Waals surface area contributed by atoms with Crippen LogP contribution >= 0.6 is 0 Å². The van der Waals surface area contributed by atoms with Crippen LogP contribution in [0.25, 0.3) is 0 Å². The van der Waals surface area contributed by atoms with Gasteiger partial charge in [-0.15, -0.1) is 0 Å². The molecule has 0 radical (unpaired) electrons. The number of aliphatic hydroxyl groups is 3. The van der Waals surface area contributed by atoms with Gasteiger partial charge in [-0.2, -0.15) is 0 Å². The van der Waals surface area contributed by atoms with Crippen molar-refractivity contribution in [1.82, 2.24) is 0 Å². The first kappa shape index (κ1) is 25.0. The summed E-state index contributed by atoms with van der Waals surface area (Å²) in [4.78, 5) is 52.7. The molecule has 0 aromatic heterocycles. The number of allylic oxidation sites excluding steroid dienone is 4. The van der Waals surface area contributed by atoms with Gasteiger partial charge in [-0.3, -0.25) is 9.59 Å². The predicted octanol–water partition coefficient (Wildman–Crippen LogP) is 0.773. The molecule has 4 aliphatic carbocycles. The van der Waals surface area contributed by atoms with Crippen molar-refractivity contribution in [3.05, 3.63) is 47.3 Å². The Labute approximate surface area is 201 Å². The molecule has 5 rings (SSSR count). The van der Waals surface area contributed by atoms with Gasteiger partial charge in [-0.05, 0) is 39.3 Å². The number of rotatable bonds is 3. The second-order valence-electron chi connectivity index (χ2n) is 9.61. The monoisotopic (exact) mass is 488 g/mol. The molecule has 0 amide bonds. The Morgan fingerprint density at radius 1 is 1.23 bits per heavy atom. The van der Waals surface area contributed by atoms with E-state index in [0.717, 1.165) is 0 Å². The molecule has 0 aromatic carbocycles. The number of Topliss-reactive ketones (excluding diaryl/α,β-unsaturated/α-hetero) is 2. The van der Waals surface area contributed by atoms with Crippen molar-refractivity contribution in [3.8, 4) is 0 Å². The number of aliphatic hydroxyl groups excluding tert-OH is 2. The first-order valence-electron chi connectivity index (χ1n) is 11.3. The first-order chi connectivity index (χ1) is 16.4.